The van der Waals surface area contributed by atoms with Gasteiger partial charge in [0, 0.05) is 5.02 Å². The van der Waals surface area contributed by atoms with Crippen molar-refractivity contribution in [3.05, 3.63) is 53.1 Å². The Kier molecular flexibility index (Phi) is 4.17. The van der Waals surface area contributed by atoms with E-state index in [0.29, 0.717) is 16.3 Å². The van der Waals surface area contributed by atoms with E-state index in [1.807, 2.05) is 24.3 Å². The minimum absolute atomic E-state index is 0.492. The van der Waals surface area contributed by atoms with Gasteiger partial charge in [-0.1, -0.05) is 60.2 Å². The van der Waals surface area contributed by atoms with Crippen molar-refractivity contribution in [3.8, 4) is 11.8 Å². The topological polar surface area (TPSA) is 33.0 Å². The molecule has 0 aliphatic rings. The first-order chi connectivity index (χ1) is 9.50. The molecule has 0 saturated carbocycles. The fourth-order valence-corrected chi connectivity index (χ4v) is 5.34. The summed E-state index contributed by atoms with van der Waals surface area (Å²) in [6.07, 6.45) is 0. The third-order valence-corrected chi connectivity index (χ3v) is 7.26. The average Bonchev–Trinajstić information content (AvgIpc) is 2.47. The van der Waals surface area contributed by atoms with Crippen LogP contribution in [0.3, 0.4) is 0 Å². The predicted octanol–water partition coefficient (Wildman–Crippen LogP) is 3.04. The first-order valence-corrected chi connectivity index (χ1v) is 9.72. The van der Waals surface area contributed by atoms with Crippen LogP contribution in [0.5, 0.6) is 5.75 Å². The number of nitriles is 1. The number of nitrogens with zero attached hydrogens (tertiary/aromatic N) is 1. The summed E-state index contributed by atoms with van der Waals surface area (Å²) in [4.78, 5) is 0. The van der Waals surface area contributed by atoms with Crippen LogP contribution in [0.1, 0.15) is 5.56 Å². The molecule has 4 heteroatoms. The molecular weight excluding hydrogens is 286 g/mol. The van der Waals surface area contributed by atoms with E-state index >= 15 is 0 Å². The highest BCUT2D eigenvalue weighted by Crippen LogP contribution is 2.23. The van der Waals surface area contributed by atoms with Gasteiger partial charge in [-0.05, 0) is 17.3 Å². The maximum absolute atomic E-state index is 9.26. The highest BCUT2D eigenvalue weighted by molar-refractivity contribution is 7.01. The number of hydrogen-bond donors (Lipinski definition) is 0. The first-order valence-electron chi connectivity index (χ1n) is 6.34. The third-order valence-electron chi connectivity index (χ3n) is 3.55. The van der Waals surface area contributed by atoms with Crippen LogP contribution in [0.15, 0.2) is 42.5 Å². The number of halogens is 1. The summed E-state index contributed by atoms with van der Waals surface area (Å²) in [5.74, 6) is 0.650. The van der Waals surface area contributed by atoms with E-state index in [4.69, 9.17) is 16.3 Å². The van der Waals surface area contributed by atoms with Crippen molar-refractivity contribution in [1.29, 1.82) is 5.26 Å². The Morgan fingerprint density at radius 3 is 2.35 bits per heavy atom. The quantitative estimate of drug-likeness (QED) is 0.816. The van der Waals surface area contributed by atoms with Gasteiger partial charge in [0.1, 0.15) is 19.9 Å². The van der Waals surface area contributed by atoms with Gasteiger partial charge in [0.05, 0.1) is 12.7 Å². The van der Waals surface area contributed by atoms with Crippen LogP contribution in [0, 0.1) is 11.3 Å². The standard InChI is InChI=1S/C16H16ClNOSi/c1-19-16-12(11-18)9-13(17)10-15(16)20(2,3)14-7-5-4-6-8-14/h4-10H,1-3H3. The number of benzene rings is 2. The lowest BCUT2D eigenvalue weighted by Gasteiger charge is -2.26. The van der Waals surface area contributed by atoms with E-state index in [1.165, 1.54) is 5.19 Å². The van der Waals surface area contributed by atoms with Gasteiger partial charge in [0.25, 0.3) is 0 Å². The Morgan fingerprint density at radius 1 is 1.15 bits per heavy atom. The van der Waals surface area contributed by atoms with Crippen molar-refractivity contribution < 1.29 is 4.74 Å². The molecule has 0 bridgehead atoms. The van der Waals surface area contributed by atoms with E-state index in [0.717, 1.165) is 5.19 Å². The van der Waals surface area contributed by atoms with Gasteiger partial charge in [0.2, 0.25) is 0 Å². The van der Waals surface area contributed by atoms with Gasteiger partial charge in [-0.15, -0.1) is 0 Å². The van der Waals surface area contributed by atoms with Gasteiger partial charge < -0.3 is 4.74 Å². The van der Waals surface area contributed by atoms with E-state index in [-0.39, 0.29) is 0 Å². The van der Waals surface area contributed by atoms with Crippen LogP contribution in [-0.4, -0.2) is 15.2 Å². The number of methoxy groups -OCH3 is 1. The summed E-state index contributed by atoms with van der Waals surface area (Å²) in [6.45, 7) is 4.47. The highest BCUT2D eigenvalue weighted by Gasteiger charge is 2.30. The normalized spacial score (nSPS) is 10.9. The third kappa shape index (κ3) is 2.58. The fourth-order valence-electron chi connectivity index (χ4n) is 2.37. The van der Waals surface area contributed by atoms with Crippen LogP contribution in [0.4, 0.5) is 0 Å². The maximum atomic E-state index is 9.26. The second-order valence-corrected chi connectivity index (χ2v) is 9.94. The largest absolute Gasteiger partial charge is 0.495 e. The van der Waals surface area contributed by atoms with Crippen LogP contribution < -0.4 is 15.1 Å². The lowest BCUT2D eigenvalue weighted by atomic mass is 10.2. The summed E-state index contributed by atoms with van der Waals surface area (Å²) < 4.78 is 5.48. The molecule has 0 heterocycles. The molecule has 0 atom stereocenters. The molecule has 0 N–H and O–H groups in total. The zero-order valence-corrected chi connectivity index (χ0v) is 13.5. The molecule has 0 unspecified atom stereocenters. The lowest BCUT2D eigenvalue weighted by Crippen LogP contribution is -2.53. The van der Waals surface area contributed by atoms with Crippen LogP contribution in [0.25, 0.3) is 0 Å². The van der Waals surface area contributed by atoms with Gasteiger partial charge in [-0.25, -0.2) is 0 Å². The molecule has 20 heavy (non-hydrogen) atoms. The van der Waals surface area contributed by atoms with Crippen molar-refractivity contribution in [3.63, 3.8) is 0 Å². The Hall–Kier alpha value is -1.76. The van der Waals surface area contributed by atoms with E-state index < -0.39 is 8.07 Å². The van der Waals surface area contributed by atoms with E-state index in [2.05, 4.69) is 31.3 Å². The van der Waals surface area contributed by atoms with Gasteiger partial charge >= 0.3 is 0 Å². The van der Waals surface area contributed by atoms with Gasteiger partial charge in [0.15, 0.2) is 0 Å². The maximum Gasteiger partial charge on any atom is 0.136 e. The molecule has 0 fully saturated rings. The molecule has 0 amide bonds. The zero-order valence-electron chi connectivity index (χ0n) is 11.8. The highest BCUT2D eigenvalue weighted by atomic mass is 35.5. The van der Waals surface area contributed by atoms with Crippen LogP contribution in [0.2, 0.25) is 18.1 Å². The second-order valence-electron chi connectivity index (χ2n) is 5.14. The Labute approximate surface area is 125 Å². The molecule has 0 spiro atoms. The van der Waals surface area contributed by atoms with Crippen molar-refractivity contribution in [1.82, 2.24) is 0 Å². The predicted molar refractivity (Wildman–Crippen MR) is 85.9 cm³/mol. The summed E-state index contributed by atoms with van der Waals surface area (Å²) in [6, 6.07) is 16.1. The molecule has 2 rings (SSSR count). The van der Waals surface area contributed by atoms with Crippen molar-refractivity contribution >= 4 is 30.0 Å². The Morgan fingerprint density at radius 2 is 1.80 bits per heavy atom. The summed E-state index contributed by atoms with van der Waals surface area (Å²) >= 11 is 6.17. The zero-order chi connectivity index (χ0) is 14.8. The van der Waals surface area contributed by atoms with Gasteiger partial charge in [-0.2, -0.15) is 5.26 Å². The number of rotatable bonds is 3. The molecule has 0 radical (unpaired) electrons. The summed E-state index contributed by atoms with van der Waals surface area (Å²) in [5.41, 5.74) is 0.492. The van der Waals surface area contributed by atoms with E-state index in [9.17, 15) is 5.26 Å². The van der Waals surface area contributed by atoms with Crippen molar-refractivity contribution in [2.75, 3.05) is 7.11 Å². The lowest BCUT2D eigenvalue weighted by molar-refractivity contribution is 0.416. The molecule has 2 aromatic carbocycles. The van der Waals surface area contributed by atoms with Crippen LogP contribution >= 0.6 is 11.6 Å². The molecule has 0 aliphatic carbocycles. The fraction of sp³-hybridized carbons (Fsp3) is 0.188. The SMILES string of the molecule is COc1c(C#N)cc(Cl)cc1[Si](C)(C)c1ccccc1. The Balaban J connectivity index is 2.69. The number of ether oxygens (including phenoxy) is 1. The van der Waals surface area contributed by atoms with Gasteiger partial charge in [-0.3, -0.25) is 0 Å². The molecule has 0 aliphatic heterocycles. The molecule has 0 saturated heterocycles. The molecule has 2 aromatic rings. The number of hydrogen-bond acceptors (Lipinski definition) is 2. The van der Waals surface area contributed by atoms with Crippen molar-refractivity contribution in [2.24, 2.45) is 0 Å². The van der Waals surface area contributed by atoms with E-state index in [1.54, 1.807) is 13.2 Å². The monoisotopic (exact) mass is 301 g/mol. The minimum Gasteiger partial charge on any atom is -0.495 e. The molecule has 102 valence electrons. The molecule has 0 aromatic heterocycles. The second kappa shape index (κ2) is 5.70. The summed E-state index contributed by atoms with van der Waals surface area (Å²) in [5, 5.41) is 12.2. The molecular formula is C16H16ClNOSi. The van der Waals surface area contributed by atoms with Crippen molar-refractivity contribution in [2.45, 2.75) is 13.1 Å². The molecule has 2 nitrogen and oxygen atoms in total. The first kappa shape index (κ1) is 14.6. The van der Waals surface area contributed by atoms with Crippen LogP contribution in [-0.2, 0) is 0 Å². The Bertz CT molecular complexity index is 662. The average molecular weight is 302 g/mol. The minimum atomic E-state index is -1.96. The summed E-state index contributed by atoms with van der Waals surface area (Å²) in [7, 11) is -0.360. The smallest absolute Gasteiger partial charge is 0.136 e.